The maximum atomic E-state index is 9.86. The smallest absolute Gasteiger partial charge is 0.200 e. The molecule has 1 aromatic carbocycles. The van der Waals surface area contributed by atoms with E-state index in [1.54, 1.807) is 18.3 Å². The Balaban J connectivity index is 2.03. The Kier molecular flexibility index (Phi) is 4.94. The number of nitrogens with one attached hydrogen (secondary N) is 1. The minimum Gasteiger partial charge on any atom is -0.502 e. The third-order valence-corrected chi connectivity index (χ3v) is 3.01. The molecule has 0 amide bonds. The van der Waals surface area contributed by atoms with Crippen LogP contribution in [0.4, 0.5) is 0 Å². The average molecular weight is 289 g/mol. The zero-order valence-corrected chi connectivity index (χ0v) is 12.4. The van der Waals surface area contributed by atoms with Crippen molar-refractivity contribution in [2.24, 2.45) is 0 Å². The Morgan fingerprint density at radius 3 is 2.38 bits per heavy atom. The fraction of sp³-hybridized carbons (Fsp3) is 0.333. The van der Waals surface area contributed by atoms with Gasteiger partial charge in [-0.25, -0.2) is 9.97 Å². The molecular weight excluding hydrogens is 270 g/mol. The number of rotatable bonds is 6. The molecule has 0 bridgehead atoms. The van der Waals surface area contributed by atoms with Crippen LogP contribution in [0.5, 0.6) is 17.2 Å². The third kappa shape index (κ3) is 3.82. The molecule has 2 aromatic rings. The quantitative estimate of drug-likeness (QED) is 0.844. The molecule has 0 aliphatic rings. The summed E-state index contributed by atoms with van der Waals surface area (Å²) in [5.74, 6) is 1.55. The first-order chi connectivity index (χ1) is 10.1. The minimum absolute atomic E-state index is 0.00942. The Labute approximate surface area is 123 Å². The first-order valence-electron chi connectivity index (χ1n) is 6.57. The van der Waals surface area contributed by atoms with E-state index in [0.717, 1.165) is 17.1 Å². The molecule has 2 rings (SSSR count). The molecule has 1 heterocycles. The molecule has 0 saturated heterocycles. The minimum atomic E-state index is 0.00942. The highest BCUT2D eigenvalue weighted by Gasteiger charge is 2.10. The van der Waals surface area contributed by atoms with E-state index in [0.29, 0.717) is 24.6 Å². The van der Waals surface area contributed by atoms with E-state index in [4.69, 9.17) is 9.47 Å². The van der Waals surface area contributed by atoms with Crippen LogP contribution in [0.3, 0.4) is 0 Å². The van der Waals surface area contributed by atoms with E-state index in [9.17, 15) is 5.11 Å². The van der Waals surface area contributed by atoms with Crippen LogP contribution in [-0.2, 0) is 13.1 Å². The van der Waals surface area contributed by atoms with E-state index in [1.807, 2.05) is 13.0 Å². The van der Waals surface area contributed by atoms with Crippen molar-refractivity contribution in [3.63, 3.8) is 0 Å². The zero-order chi connectivity index (χ0) is 15.2. The number of phenols is 1. The predicted molar refractivity (Wildman–Crippen MR) is 78.5 cm³/mol. The van der Waals surface area contributed by atoms with E-state index in [2.05, 4.69) is 15.3 Å². The number of ether oxygens (including phenoxy) is 2. The van der Waals surface area contributed by atoms with Gasteiger partial charge in [0.25, 0.3) is 0 Å². The lowest BCUT2D eigenvalue weighted by molar-refractivity contribution is 0.339. The summed E-state index contributed by atoms with van der Waals surface area (Å²) < 4.78 is 10.3. The lowest BCUT2D eigenvalue weighted by Gasteiger charge is -2.11. The van der Waals surface area contributed by atoms with Gasteiger partial charge in [-0.2, -0.15) is 0 Å². The van der Waals surface area contributed by atoms with E-state index >= 15 is 0 Å². The number of aromatic nitrogens is 2. The van der Waals surface area contributed by atoms with Gasteiger partial charge in [-0.05, 0) is 30.7 Å². The van der Waals surface area contributed by atoms with Crippen LogP contribution in [0.15, 0.2) is 24.4 Å². The lowest BCUT2D eigenvalue weighted by Crippen LogP contribution is -2.14. The largest absolute Gasteiger partial charge is 0.502 e. The number of aryl methyl sites for hydroxylation is 1. The number of phenolic OH excluding ortho intramolecular Hbond substituents is 1. The van der Waals surface area contributed by atoms with Gasteiger partial charge < -0.3 is 19.9 Å². The van der Waals surface area contributed by atoms with Gasteiger partial charge in [0.2, 0.25) is 5.75 Å². The first kappa shape index (κ1) is 15.1. The van der Waals surface area contributed by atoms with Gasteiger partial charge >= 0.3 is 0 Å². The van der Waals surface area contributed by atoms with Gasteiger partial charge in [-0.15, -0.1) is 0 Å². The molecular formula is C15H19N3O3. The van der Waals surface area contributed by atoms with Crippen molar-refractivity contribution >= 4 is 0 Å². The van der Waals surface area contributed by atoms with Gasteiger partial charge in [-0.1, -0.05) is 0 Å². The fourth-order valence-electron chi connectivity index (χ4n) is 1.99. The highest BCUT2D eigenvalue weighted by atomic mass is 16.5. The number of nitrogens with zero attached hydrogens (tertiary/aromatic N) is 2. The number of aromatic hydroxyl groups is 1. The van der Waals surface area contributed by atoms with Crippen molar-refractivity contribution in [1.29, 1.82) is 0 Å². The van der Waals surface area contributed by atoms with Crippen LogP contribution in [0.2, 0.25) is 0 Å². The molecule has 0 unspecified atom stereocenters. The van der Waals surface area contributed by atoms with Crippen molar-refractivity contribution in [3.05, 3.63) is 41.5 Å². The van der Waals surface area contributed by atoms with Crippen molar-refractivity contribution < 1.29 is 14.6 Å². The molecule has 6 heteroatoms. The highest BCUT2D eigenvalue weighted by Crippen LogP contribution is 2.36. The normalized spacial score (nSPS) is 10.4. The van der Waals surface area contributed by atoms with Gasteiger partial charge in [0.1, 0.15) is 5.82 Å². The second-order valence-electron chi connectivity index (χ2n) is 4.55. The predicted octanol–water partition coefficient (Wildman–Crippen LogP) is 1.80. The van der Waals surface area contributed by atoms with Crippen molar-refractivity contribution in [2.75, 3.05) is 14.2 Å². The number of hydrogen-bond acceptors (Lipinski definition) is 6. The Hall–Kier alpha value is -2.34. The monoisotopic (exact) mass is 289 g/mol. The second-order valence-corrected chi connectivity index (χ2v) is 4.55. The van der Waals surface area contributed by atoms with Crippen LogP contribution < -0.4 is 14.8 Å². The first-order valence-corrected chi connectivity index (χ1v) is 6.57. The van der Waals surface area contributed by atoms with Crippen molar-refractivity contribution in [3.8, 4) is 17.2 Å². The van der Waals surface area contributed by atoms with Gasteiger partial charge in [0, 0.05) is 19.3 Å². The molecule has 0 aliphatic heterocycles. The van der Waals surface area contributed by atoms with Crippen LogP contribution in [-0.4, -0.2) is 29.3 Å². The van der Waals surface area contributed by atoms with E-state index < -0.39 is 0 Å². The van der Waals surface area contributed by atoms with Crippen LogP contribution in [0.25, 0.3) is 0 Å². The Bertz CT molecular complexity index is 592. The molecule has 0 atom stereocenters. The molecule has 6 nitrogen and oxygen atoms in total. The zero-order valence-electron chi connectivity index (χ0n) is 12.4. The second kappa shape index (κ2) is 6.90. The summed E-state index contributed by atoms with van der Waals surface area (Å²) in [6.07, 6.45) is 1.74. The Morgan fingerprint density at radius 1 is 1.14 bits per heavy atom. The summed E-state index contributed by atoms with van der Waals surface area (Å²) >= 11 is 0. The van der Waals surface area contributed by atoms with Crippen molar-refractivity contribution in [1.82, 2.24) is 15.3 Å². The third-order valence-electron chi connectivity index (χ3n) is 3.01. The molecule has 2 N–H and O–H groups in total. The van der Waals surface area contributed by atoms with E-state index in [-0.39, 0.29) is 5.75 Å². The molecule has 21 heavy (non-hydrogen) atoms. The van der Waals surface area contributed by atoms with Crippen LogP contribution >= 0.6 is 0 Å². The molecule has 0 aliphatic carbocycles. The maximum Gasteiger partial charge on any atom is 0.200 e. The number of benzene rings is 1. The molecule has 0 fully saturated rings. The summed E-state index contributed by atoms with van der Waals surface area (Å²) in [5.41, 5.74) is 1.88. The molecule has 0 saturated carbocycles. The summed E-state index contributed by atoms with van der Waals surface area (Å²) in [7, 11) is 3.02. The summed E-state index contributed by atoms with van der Waals surface area (Å²) in [5, 5.41) is 13.1. The number of hydrogen-bond donors (Lipinski definition) is 2. The fourth-order valence-corrected chi connectivity index (χ4v) is 1.99. The van der Waals surface area contributed by atoms with Gasteiger partial charge in [0.15, 0.2) is 11.5 Å². The molecule has 112 valence electrons. The summed E-state index contributed by atoms with van der Waals surface area (Å²) in [4.78, 5) is 8.38. The van der Waals surface area contributed by atoms with Crippen LogP contribution in [0, 0.1) is 6.92 Å². The maximum absolute atomic E-state index is 9.86. The SMILES string of the molecule is COc1cc(CNCc2ccnc(C)n2)cc(OC)c1O. The van der Waals surface area contributed by atoms with E-state index in [1.165, 1.54) is 14.2 Å². The topological polar surface area (TPSA) is 76.5 Å². The average Bonchev–Trinajstić information content (AvgIpc) is 2.48. The molecule has 0 radical (unpaired) electrons. The molecule has 1 aromatic heterocycles. The molecule has 0 spiro atoms. The summed E-state index contributed by atoms with van der Waals surface area (Å²) in [6.45, 7) is 3.10. The lowest BCUT2D eigenvalue weighted by atomic mass is 10.2. The highest BCUT2D eigenvalue weighted by molar-refractivity contribution is 5.52. The Morgan fingerprint density at radius 2 is 1.81 bits per heavy atom. The number of methoxy groups -OCH3 is 2. The van der Waals surface area contributed by atoms with Crippen molar-refractivity contribution in [2.45, 2.75) is 20.0 Å². The van der Waals surface area contributed by atoms with Crippen LogP contribution in [0.1, 0.15) is 17.1 Å². The van der Waals surface area contributed by atoms with Gasteiger partial charge in [0.05, 0.1) is 19.9 Å². The standard InChI is InChI=1S/C15H19N3O3/c1-10-17-5-4-12(18-10)9-16-8-11-6-13(20-2)15(19)14(7-11)21-3/h4-7,16,19H,8-9H2,1-3H3. The van der Waals surface area contributed by atoms with Gasteiger partial charge in [-0.3, -0.25) is 0 Å². The summed E-state index contributed by atoms with van der Waals surface area (Å²) in [6, 6.07) is 5.42.